The van der Waals surface area contributed by atoms with Gasteiger partial charge in [-0.25, -0.2) is 4.98 Å². The monoisotopic (exact) mass is 225 g/mol. The van der Waals surface area contributed by atoms with Gasteiger partial charge in [0.1, 0.15) is 18.0 Å². The van der Waals surface area contributed by atoms with Crippen molar-refractivity contribution in [2.45, 2.75) is 25.7 Å². The van der Waals surface area contributed by atoms with Crippen LogP contribution in [-0.2, 0) is 11.3 Å². The molecule has 5 heteroatoms. The van der Waals surface area contributed by atoms with Crippen LogP contribution in [0, 0.1) is 0 Å². The maximum Gasteiger partial charge on any atom is 0.140 e. The lowest BCUT2D eigenvalue weighted by Gasteiger charge is -2.32. The van der Waals surface area contributed by atoms with Crippen molar-refractivity contribution in [1.29, 1.82) is 0 Å². The average Bonchev–Trinajstić information content (AvgIpc) is 2.76. The van der Waals surface area contributed by atoms with Gasteiger partial charge in [-0.15, -0.1) is 0 Å². The van der Waals surface area contributed by atoms with Crippen LogP contribution in [0.2, 0.25) is 0 Å². The molecular formula is C11H19N3O2. The van der Waals surface area contributed by atoms with E-state index in [0.717, 1.165) is 19.6 Å². The van der Waals surface area contributed by atoms with Gasteiger partial charge in [-0.3, -0.25) is 0 Å². The van der Waals surface area contributed by atoms with E-state index >= 15 is 0 Å². The van der Waals surface area contributed by atoms with Crippen molar-refractivity contribution in [3.8, 4) is 0 Å². The van der Waals surface area contributed by atoms with E-state index in [9.17, 15) is 5.11 Å². The number of aliphatic hydroxyl groups excluding tert-OH is 1. The van der Waals surface area contributed by atoms with Crippen molar-refractivity contribution in [3.63, 3.8) is 0 Å². The molecule has 1 aromatic heterocycles. The Hall–Kier alpha value is -0.910. The zero-order valence-electron chi connectivity index (χ0n) is 9.83. The number of rotatable bonds is 3. The molecule has 0 radical (unpaired) electrons. The molecule has 16 heavy (non-hydrogen) atoms. The number of aliphatic hydroxyl groups is 1. The van der Waals surface area contributed by atoms with Crippen molar-refractivity contribution in [3.05, 3.63) is 18.2 Å². The predicted molar refractivity (Wildman–Crippen MR) is 60.1 cm³/mol. The molecule has 2 rings (SSSR count). The van der Waals surface area contributed by atoms with Crippen LogP contribution >= 0.6 is 0 Å². The standard InChI is InChI=1S/C11H19N3O2/c1-3-14-5-4-12-11(14)10(15)9-8-13(2)6-7-16-9/h4-5,9-10,15H,3,6-8H2,1-2H3. The van der Waals surface area contributed by atoms with Gasteiger partial charge >= 0.3 is 0 Å². The van der Waals surface area contributed by atoms with Crippen LogP contribution in [0.25, 0.3) is 0 Å². The van der Waals surface area contributed by atoms with Gasteiger partial charge in [0.2, 0.25) is 0 Å². The summed E-state index contributed by atoms with van der Waals surface area (Å²) in [7, 11) is 2.04. The summed E-state index contributed by atoms with van der Waals surface area (Å²) in [6, 6.07) is 0. The smallest absolute Gasteiger partial charge is 0.140 e. The number of hydrogen-bond acceptors (Lipinski definition) is 4. The van der Waals surface area contributed by atoms with Gasteiger partial charge in [0.05, 0.1) is 6.61 Å². The summed E-state index contributed by atoms with van der Waals surface area (Å²) < 4.78 is 7.54. The molecule has 1 aliphatic rings. The van der Waals surface area contributed by atoms with Crippen molar-refractivity contribution in [2.24, 2.45) is 0 Å². The normalized spacial score (nSPS) is 24.6. The zero-order chi connectivity index (χ0) is 11.5. The molecule has 0 aromatic carbocycles. The number of aryl methyl sites for hydroxylation is 1. The van der Waals surface area contributed by atoms with Crippen LogP contribution in [0.1, 0.15) is 18.9 Å². The van der Waals surface area contributed by atoms with E-state index in [4.69, 9.17) is 4.74 Å². The minimum atomic E-state index is -0.641. The van der Waals surface area contributed by atoms with E-state index < -0.39 is 6.10 Å². The van der Waals surface area contributed by atoms with Crippen LogP contribution < -0.4 is 0 Å². The van der Waals surface area contributed by atoms with E-state index in [1.165, 1.54) is 0 Å². The summed E-state index contributed by atoms with van der Waals surface area (Å²) in [6.45, 7) is 5.19. The molecular weight excluding hydrogens is 206 g/mol. The third kappa shape index (κ3) is 2.26. The van der Waals surface area contributed by atoms with Crippen molar-refractivity contribution in [2.75, 3.05) is 26.7 Å². The first-order valence-corrected chi connectivity index (χ1v) is 5.71. The van der Waals surface area contributed by atoms with Gasteiger partial charge in [-0.2, -0.15) is 0 Å². The molecule has 0 bridgehead atoms. The number of nitrogens with zero attached hydrogens (tertiary/aromatic N) is 3. The molecule has 2 atom stereocenters. The number of likely N-dealkylation sites (N-methyl/N-ethyl adjacent to an activating group) is 1. The largest absolute Gasteiger partial charge is 0.382 e. The number of ether oxygens (including phenoxy) is 1. The molecule has 1 fully saturated rings. The summed E-state index contributed by atoms with van der Waals surface area (Å²) in [5.41, 5.74) is 0. The fraction of sp³-hybridized carbons (Fsp3) is 0.727. The van der Waals surface area contributed by atoms with Crippen molar-refractivity contribution in [1.82, 2.24) is 14.5 Å². The Kier molecular flexibility index (Phi) is 3.58. The highest BCUT2D eigenvalue weighted by Crippen LogP contribution is 2.20. The molecule has 1 aromatic rings. The Balaban J connectivity index is 2.09. The van der Waals surface area contributed by atoms with Crippen molar-refractivity contribution < 1.29 is 9.84 Å². The second-order valence-corrected chi connectivity index (χ2v) is 4.19. The quantitative estimate of drug-likeness (QED) is 0.802. The van der Waals surface area contributed by atoms with Crippen LogP contribution in [-0.4, -0.2) is 52.4 Å². The minimum absolute atomic E-state index is 0.175. The summed E-state index contributed by atoms with van der Waals surface area (Å²) >= 11 is 0. The maximum atomic E-state index is 10.2. The number of morpholine rings is 1. The van der Waals surface area contributed by atoms with Crippen LogP contribution in [0.5, 0.6) is 0 Å². The van der Waals surface area contributed by atoms with Crippen LogP contribution in [0.4, 0.5) is 0 Å². The Morgan fingerprint density at radius 3 is 3.19 bits per heavy atom. The third-order valence-electron chi connectivity index (χ3n) is 3.00. The molecule has 0 aliphatic carbocycles. The third-order valence-corrected chi connectivity index (χ3v) is 3.00. The van der Waals surface area contributed by atoms with Gasteiger partial charge in [-0.1, -0.05) is 0 Å². The second kappa shape index (κ2) is 4.95. The molecule has 2 heterocycles. The Bertz CT molecular complexity index is 340. The first-order valence-electron chi connectivity index (χ1n) is 5.71. The SMILES string of the molecule is CCn1ccnc1C(O)C1CN(C)CCO1. The van der Waals surface area contributed by atoms with E-state index in [0.29, 0.717) is 12.4 Å². The van der Waals surface area contributed by atoms with Crippen LogP contribution in [0.15, 0.2) is 12.4 Å². The Morgan fingerprint density at radius 1 is 1.69 bits per heavy atom. The summed E-state index contributed by atoms with van der Waals surface area (Å²) in [4.78, 5) is 6.36. The second-order valence-electron chi connectivity index (χ2n) is 4.19. The molecule has 5 nitrogen and oxygen atoms in total. The first-order chi connectivity index (χ1) is 7.72. The Labute approximate surface area is 95.7 Å². The van der Waals surface area contributed by atoms with Gasteiger partial charge in [0.15, 0.2) is 0 Å². The molecule has 0 spiro atoms. The highest BCUT2D eigenvalue weighted by molar-refractivity contribution is 5.00. The van der Waals surface area contributed by atoms with Gasteiger partial charge in [0, 0.05) is 32.0 Å². The summed E-state index contributed by atoms with van der Waals surface area (Å²) in [5.74, 6) is 0.697. The molecule has 1 saturated heterocycles. The lowest BCUT2D eigenvalue weighted by atomic mass is 10.1. The fourth-order valence-electron chi connectivity index (χ4n) is 2.02. The lowest BCUT2D eigenvalue weighted by Crippen LogP contribution is -2.43. The highest BCUT2D eigenvalue weighted by Gasteiger charge is 2.28. The molecule has 1 aliphatic heterocycles. The number of imidazole rings is 1. The summed E-state index contributed by atoms with van der Waals surface area (Å²) in [5, 5.41) is 10.2. The average molecular weight is 225 g/mol. The van der Waals surface area contributed by atoms with E-state index in [1.54, 1.807) is 6.20 Å². The number of aromatic nitrogens is 2. The highest BCUT2D eigenvalue weighted by atomic mass is 16.5. The maximum absolute atomic E-state index is 10.2. The molecule has 0 amide bonds. The molecule has 90 valence electrons. The zero-order valence-corrected chi connectivity index (χ0v) is 9.83. The first kappa shape index (κ1) is 11.6. The van der Waals surface area contributed by atoms with E-state index in [1.807, 2.05) is 24.7 Å². The van der Waals surface area contributed by atoms with E-state index in [2.05, 4.69) is 9.88 Å². The molecule has 0 saturated carbocycles. The molecule has 1 N–H and O–H groups in total. The van der Waals surface area contributed by atoms with Gasteiger partial charge in [0.25, 0.3) is 0 Å². The van der Waals surface area contributed by atoms with E-state index in [-0.39, 0.29) is 6.10 Å². The van der Waals surface area contributed by atoms with Crippen LogP contribution in [0.3, 0.4) is 0 Å². The van der Waals surface area contributed by atoms with Crippen molar-refractivity contribution >= 4 is 0 Å². The molecule has 2 unspecified atom stereocenters. The fourth-order valence-corrected chi connectivity index (χ4v) is 2.02. The minimum Gasteiger partial charge on any atom is -0.382 e. The number of hydrogen-bond donors (Lipinski definition) is 1. The van der Waals surface area contributed by atoms with Gasteiger partial charge in [-0.05, 0) is 14.0 Å². The topological polar surface area (TPSA) is 50.5 Å². The summed E-state index contributed by atoms with van der Waals surface area (Å²) in [6.07, 6.45) is 2.78. The van der Waals surface area contributed by atoms with Gasteiger partial charge < -0.3 is 19.3 Å². The Morgan fingerprint density at radius 2 is 2.50 bits per heavy atom. The lowest BCUT2D eigenvalue weighted by molar-refractivity contribution is -0.0879. The predicted octanol–water partition coefficient (Wildman–Crippen LogP) is 0.267.